The summed E-state index contributed by atoms with van der Waals surface area (Å²) in [6.07, 6.45) is 0.104. The molecule has 13 heavy (non-hydrogen) atoms. The molecule has 2 amide bonds. The Balaban J connectivity index is 3.36. The van der Waals surface area contributed by atoms with Crippen molar-refractivity contribution in [2.24, 2.45) is 0 Å². The molecule has 0 aliphatic rings. The number of hydrogen-bond acceptors (Lipinski definition) is 3. The summed E-state index contributed by atoms with van der Waals surface area (Å²) in [5.74, 6) is -0.471. The van der Waals surface area contributed by atoms with Crippen molar-refractivity contribution in [3.63, 3.8) is 0 Å². The van der Waals surface area contributed by atoms with Crippen LogP contribution in [0.5, 0.6) is 0 Å². The molecule has 5 heteroatoms. The van der Waals surface area contributed by atoms with Crippen LogP contribution in [0, 0.1) is 0 Å². The number of carbonyl (C=O) groups is 2. The minimum atomic E-state index is -0.416. The molecule has 3 N–H and O–H groups in total. The summed E-state index contributed by atoms with van der Waals surface area (Å²) in [6.45, 7) is 3.42. The number of rotatable bonds is 5. The summed E-state index contributed by atoms with van der Waals surface area (Å²) in [7, 11) is 0. The third-order valence-corrected chi connectivity index (χ3v) is 1.38. The lowest BCUT2D eigenvalue weighted by molar-refractivity contribution is -0.125. The molecule has 0 aliphatic carbocycles. The molecular formula is C8H16N2O3. The molecular weight excluding hydrogens is 172 g/mol. The summed E-state index contributed by atoms with van der Waals surface area (Å²) < 4.78 is 0. The molecule has 0 fully saturated rings. The highest BCUT2D eigenvalue weighted by Crippen LogP contribution is 1.85. The molecule has 0 spiro atoms. The monoisotopic (exact) mass is 188 g/mol. The Morgan fingerprint density at radius 2 is 2.00 bits per heavy atom. The lowest BCUT2D eigenvalue weighted by Crippen LogP contribution is -2.36. The Morgan fingerprint density at radius 3 is 2.46 bits per heavy atom. The third-order valence-electron chi connectivity index (χ3n) is 1.38. The first-order valence-electron chi connectivity index (χ1n) is 4.21. The van der Waals surface area contributed by atoms with Crippen LogP contribution in [0.2, 0.25) is 0 Å². The average molecular weight is 188 g/mol. The lowest BCUT2D eigenvalue weighted by atomic mass is 10.3. The zero-order chi connectivity index (χ0) is 10.3. The van der Waals surface area contributed by atoms with Gasteiger partial charge in [0.1, 0.15) is 0 Å². The fourth-order valence-corrected chi connectivity index (χ4v) is 0.688. The maximum absolute atomic E-state index is 10.9. The quantitative estimate of drug-likeness (QED) is 0.518. The molecule has 1 atom stereocenters. The standard InChI is InChI=1S/C8H16N2O3/c1-6(11)3-4-9-8(13)5-10-7(2)12/h6,11H,3-5H2,1-2H3,(H,9,13)(H,10,12). The van der Waals surface area contributed by atoms with E-state index in [9.17, 15) is 9.59 Å². The van der Waals surface area contributed by atoms with Crippen molar-refractivity contribution in [2.75, 3.05) is 13.1 Å². The molecule has 0 saturated heterocycles. The maximum atomic E-state index is 10.9. The van der Waals surface area contributed by atoms with Crippen LogP contribution in [0.25, 0.3) is 0 Å². The number of amides is 2. The van der Waals surface area contributed by atoms with Crippen LogP contribution in [0.3, 0.4) is 0 Å². The molecule has 0 aromatic rings. The van der Waals surface area contributed by atoms with Gasteiger partial charge in [0.15, 0.2) is 0 Å². The second kappa shape index (κ2) is 6.42. The normalized spacial score (nSPS) is 11.9. The van der Waals surface area contributed by atoms with Crippen molar-refractivity contribution in [1.82, 2.24) is 10.6 Å². The van der Waals surface area contributed by atoms with Crippen molar-refractivity contribution < 1.29 is 14.7 Å². The smallest absolute Gasteiger partial charge is 0.239 e. The van der Waals surface area contributed by atoms with Gasteiger partial charge in [0.05, 0.1) is 12.6 Å². The highest BCUT2D eigenvalue weighted by atomic mass is 16.3. The van der Waals surface area contributed by atoms with E-state index in [4.69, 9.17) is 5.11 Å². The fraction of sp³-hybridized carbons (Fsp3) is 0.750. The van der Waals surface area contributed by atoms with E-state index in [1.54, 1.807) is 6.92 Å². The van der Waals surface area contributed by atoms with E-state index in [1.165, 1.54) is 6.92 Å². The van der Waals surface area contributed by atoms with E-state index in [1.807, 2.05) is 0 Å². The molecule has 1 unspecified atom stereocenters. The molecule has 0 aromatic heterocycles. The first kappa shape index (κ1) is 11.9. The van der Waals surface area contributed by atoms with Gasteiger partial charge in [-0.1, -0.05) is 0 Å². The topological polar surface area (TPSA) is 78.4 Å². The summed E-state index contributed by atoms with van der Waals surface area (Å²) in [4.78, 5) is 21.3. The Morgan fingerprint density at radius 1 is 1.38 bits per heavy atom. The van der Waals surface area contributed by atoms with Crippen molar-refractivity contribution >= 4 is 11.8 Å². The highest BCUT2D eigenvalue weighted by Gasteiger charge is 2.01. The van der Waals surface area contributed by atoms with Crippen molar-refractivity contribution in [3.8, 4) is 0 Å². The predicted molar refractivity (Wildman–Crippen MR) is 48.0 cm³/mol. The molecule has 0 bridgehead atoms. The van der Waals surface area contributed by atoms with Gasteiger partial charge in [0.25, 0.3) is 0 Å². The van der Waals surface area contributed by atoms with E-state index in [0.29, 0.717) is 13.0 Å². The Kier molecular flexibility index (Phi) is 5.88. The predicted octanol–water partition coefficient (Wildman–Crippen LogP) is -0.990. The minimum Gasteiger partial charge on any atom is -0.393 e. The SMILES string of the molecule is CC(=O)NCC(=O)NCCC(C)O. The lowest BCUT2D eigenvalue weighted by Gasteiger charge is -2.06. The summed E-state index contributed by atoms with van der Waals surface area (Å²) >= 11 is 0. The first-order chi connectivity index (χ1) is 6.02. The summed E-state index contributed by atoms with van der Waals surface area (Å²) in [6, 6.07) is 0. The average Bonchev–Trinajstić information content (AvgIpc) is 2.00. The minimum absolute atomic E-state index is 0.00482. The van der Waals surface area contributed by atoms with E-state index >= 15 is 0 Å². The van der Waals surface area contributed by atoms with Crippen LogP contribution in [-0.2, 0) is 9.59 Å². The van der Waals surface area contributed by atoms with Crippen LogP contribution in [0.15, 0.2) is 0 Å². The number of nitrogens with one attached hydrogen (secondary N) is 2. The van der Waals surface area contributed by atoms with Crippen LogP contribution in [0.4, 0.5) is 0 Å². The van der Waals surface area contributed by atoms with Crippen LogP contribution < -0.4 is 10.6 Å². The van der Waals surface area contributed by atoms with Crippen LogP contribution >= 0.6 is 0 Å². The number of aliphatic hydroxyl groups is 1. The van der Waals surface area contributed by atoms with Gasteiger partial charge in [-0.15, -0.1) is 0 Å². The number of aliphatic hydroxyl groups excluding tert-OH is 1. The molecule has 0 rings (SSSR count). The van der Waals surface area contributed by atoms with Gasteiger partial charge < -0.3 is 15.7 Å². The van der Waals surface area contributed by atoms with E-state index in [-0.39, 0.29) is 18.4 Å². The van der Waals surface area contributed by atoms with Gasteiger partial charge in [0.2, 0.25) is 11.8 Å². The Hall–Kier alpha value is -1.10. The molecule has 0 radical (unpaired) electrons. The molecule has 0 aliphatic heterocycles. The van der Waals surface area contributed by atoms with Crippen molar-refractivity contribution in [1.29, 1.82) is 0 Å². The van der Waals surface area contributed by atoms with Crippen molar-refractivity contribution in [3.05, 3.63) is 0 Å². The summed E-state index contributed by atoms with van der Waals surface area (Å²) in [5.41, 5.74) is 0. The van der Waals surface area contributed by atoms with Crippen molar-refractivity contribution in [2.45, 2.75) is 26.4 Å². The largest absolute Gasteiger partial charge is 0.393 e. The van der Waals surface area contributed by atoms with Gasteiger partial charge in [-0.2, -0.15) is 0 Å². The second-order valence-electron chi connectivity index (χ2n) is 2.90. The van der Waals surface area contributed by atoms with Gasteiger partial charge in [-0.3, -0.25) is 9.59 Å². The zero-order valence-corrected chi connectivity index (χ0v) is 7.96. The zero-order valence-electron chi connectivity index (χ0n) is 7.96. The van der Waals surface area contributed by atoms with Crippen LogP contribution in [-0.4, -0.2) is 36.1 Å². The van der Waals surface area contributed by atoms with Gasteiger partial charge in [-0.25, -0.2) is 0 Å². The van der Waals surface area contributed by atoms with E-state index in [0.717, 1.165) is 0 Å². The molecule has 76 valence electrons. The van der Waals surface area contributed by atoms with Gasteiger partial charge >= 0.3 is 0 Å². The molecule has 0 aromatic carbocycles. The third kappa shape index (κ3) is 8.81. The molecule has 0 saturated carbocycles. The Labute approximate surface area is 77.5 Å². The van der Waals surface area contributed by atoms with Crippen LogP contribution in [0.1, 0.15) is 20.3 Å². The fourth-order valence-electron chi connectivity index (χ4n) is 0.688. The first-order valence-corrected chi connectivity index (χ1v) is 4.21. The van der Waals surface area contributed by atoms with E-state index < -0.39 is 6.10 Å². The highest BCUT2D eigenvalue weighted by molar-refractivity contribution is 5.83. The Bertz CT molecular complexity index is 180. The van der Waals surface area contributed by atoms with Gasteiger partial charge in [-0.05, 0) is 13.3 Å². The number of hydrogen-bond donors (Lipinski definition) is 3. The maximum Gasteiger partial charge on any atom is 0.239 e. The number of carbonyl (C=O) groups excluding carboxylic acids is 2. The molecule has 5 nitrogen and oxygen atoms in total. The molecule has 0 heterocycles. The van der Waals surface area contributed by atoms with E-state index in [2.05, 4.69) is 10.6 Å². The summed E-state index contributed by atoms with van der Waals surface area (Å²) in [5, 5.41) is 13.8. The second-order valence-corrected chi connectivity index (χ2v) is 2.90. The van der Waals surface area contributed by atoms with Gasteiger partial charge in [0, 0.05) is 13.5 Å².